The van der Waals surface area contributed by atoms with E-state index in [4.69, 9.17) is 63.1 Å². The van der Waals surface area contributed by atoms with Crippen LogP contribution >= 0.6 is 15.9 Å². The van der Waals surface area contributed by atoms with Crippen molar-refractivity contribution >= 4 is 144 Å². The average Bonchev–Trinajstić information content (AvgIpc) is 1.62. The monoisotopic (exact) mass is 1920 g/mol. The summed E-state index contributed by atoms with van der Waals surface area (Å²) in [5.41, 5.74) is 52.4. The van der Waals surface area contributed by atoms with Gasteiger partial charge in [0.15, 0.2) is 0 Å². The van der Waals surface area contributed by atoms with E-state index in [1.807, 2.05) is 131 Å². The highest BCUT2D eigenvalue weighted by Crippen LogP contribution is 2.47. The molecule has 1 saturated heterocycles. The molecule has 4 aliphatic carbocycles. The van der Waals surface area contributed by atoms with Gasteiger partial charge in [0, 0.05) is 158 Å². The summed E-state index contributed by atoms with van der Waals surface area (Å²) >= 11 is 3.61. The number of carbonyl (C=O) groups excluding carboxylic acids is 1. The Morgan fingerprint density at radius 2 is 0.779 bits per heavy atom. The maximum atomic E-state index is 14.0. The van der Waals surface area contributed by atoms with Gasteiger partial charge in [0.05, 0.1) is 64.0 Å². The molecule has 7 aromatic carbocycles. The van der Waals surface area contributed by atoms with Gasteiger partial charge in [0.1, 0.15) is 138 Å². The number of ether oxygens (including phenoxy) is 2. The number of para-hydroxylation sites is 3. The number of aromatic amines is 6. The van der Waals surface area contributed by atoms with Crippen LogP contribution in [-0.4, -0.2) is 138 Å². The van der Waals surface area contributed by atoms with Gasteiger partial charge in [-0.2, -0.15) is 0 Å². The molecule has 0 radical (unpaired) electrons. The van der Waals surface area contributed by atoms with Crippen molar-refractivity contribution in [2.75, 3.05) is 48.9 Å². The third-order valence-corrected chi connectivity index (χ3v) is 29.2. The number of rotatable bonds is 15. The first-order valence-electron chi connectivity index (χ1n) is 47.6. The van der Waals surface area contributed by atoms with Crippen LogP contribution < -0.4 is 38.1 Å². The minimum atomic E-state index is -0.246. The number of piperidine rings is 1. The maximum Gasteiger partial charge on any atom is 0.253 e. The summed E-state index contributed by atoms with van der Waals surface area (Å²) in [5.74, 6) is 11.2. The Morgan fingerprint density at radius 1 is 0.393 bits per heavy atom. The Morgan fingerprint density at radius 3 is 1.23 bits per heavy atom. The van der Waals surface area contributed by atoms with Gasteiger partial charge in [-0.3, -0.25) is 26.8 Å². The van der Waals surface area contributed by atoms with Gasteiger partial charge in [-0.1, -0.05) is 127 Å². The molecule has 0 spiro atoms. The third-order valence-electron chi connectivity index (χ3n) is 28.5. The van der Waals surface area contributed by atoms with E-state index < -0.39 is 0 Å². The Bertz CT molecular complexity index is 8470. The fraction of sp³-hybridized carbons (Fsp3) is 0.215. The van der Waals surface area contributed by atoms with Crippen LogP contribution in [0.1, 0.15) is 165 Å². The van der Waals surface area contributed by atoms with Gasteiger partial charge in [0.2, 0.25) is 0 Å². The highest BCUT2D eigenvalue weighted by molar-refractivity contribution is 9.10. The van der Waals surface area contributed by atoms with Crippen LogP contribution in [0.5, 0.6) is 11.5 Å². The number of imidazole rings is 6. The Balaban J connectivity index is 0.0000000958. The van der Waals surface area contributed by atoms with E-state index in [1.54, 1.807) is 56.6 Å². The highest BCUT2D eigenvalue weighted by atomic mass is 79.9. The smallest absolute Gasteiger partial charge is 0.253 e. The molecule has 140 heavy (non-hydrogen) atoms. The lowest BCUT2D eigenvalue weighted by Crippen LogP contribution is -2.38. The zero-order chi connectivity index (χ0) is 94.5. The van der Waals surface area contributed by atoms with E-state index in [2.05, 4.69) is 160 Å². The Hall–Kier alpha value is -16.7. The van der Waals surface area contributed by atoms with Crippen LogP contribution in [-0.2, 0) is 6.61 Å². The maximum absolute atomic E-state index is 14.0. The van der Waals surface area contributed by atoms with Crippen molar-refractivity contribution in [3.05, 3.63) is 295 Å². The normalized spacial score (nSPS) is 14.8. The van der Waals surface area contributed by atoms with Crippen LogP contribution in [0.4, 0.5) is 33.5 Å². The quantitative estimate of drug-likeness (QED) is 0.0454. The second kappa shape index (κ2) is 35.8. The lowest BCUT2D eigenvalue weighted by atomic mass is 9.85. The minimum absolute atomic E-state index is 0.0464. The fourth-order valence-electron chi connectivity index (χ4n) is 20.3. The molecule has 28 rings (SSSR count). The summed E-state index contributed by atoms with van der Waals surface area (Å²) in [4.78, 5) is 86.0. The molecule has 4 saturated carbocycles. The number of halogens is 2. The van der Waals surface area contributed by atoms with Crippen LogP contribution in [0.25, 0.3) is 150 Å². The number of methoxy groups -OCH3 is 1. The summed E-state index contributed by atoms with van der Waals surface area (Å²) < 4.78 is 37.1. The van der Waals surface area contributed by atoms with Gasteiger partial charge < -0.3 is 72.9 Å². The highest BCUT2D eigenvalue weighted by Gasteiger charge is 2.35. The van der Waals surface area contributed by atoms with E-state index in [0.29, 0.717) is 83.4 Å². The van der Waals surface area contributed by atoms with E-state index >= 15 is 0 Å². The largest absolute Gasteiger partial charge is 0.495 e. The number of hydrogen-bond acceptors (Lipinski definition) is 19. The Kier molecular flexibility index (Phi) is 22.0. The minimum Gasteiger partial charge on any atom is -0.495 e. The van der Waals surface area contributed by atoms with E-state index in [9.17, 15) is 9.18 Å². The first kappa shape index (κ1) is 86.2. The van der Waals surface area contributed by atoms with Crippen LogP contribution in [0.15, 0.2) is 249 Å². The van der Waals surface area contributed by atoms with Crippen molar-refractivity contribution in [1.29, 1.82) is 0 Å². The molecule has 0 atom stereocenters. The van der Waals surface area contributed by atoms with E-state index in [0.717, 1.165) is 221 Å². The molecular formula is C107H98BrFN28O3. The van der Waals surface area contributed by atoms with E-state index in [-0.39, 0.29) is 17.6 Å². The van der Waals surface area contributed by atoms with Crippen molar-refractivity contribution in [2.24, 2.45) is 0 Å². The molecule has 5 aliphatic rings. The van der Waals surface area contributed by atoms with Crippen molar-refractivity contribution in [2.45, 2.75) is 126 Å². The summed E-state index contributed by atoms with van der Waals surface area (Å²) in [7, 11) is 1.68. The third kappa shape index (κ3) is 15.5. The predicted molar refractivity (Wildman–Crippen MR) is 549 cm³/mol. The number of nitrogen functional groups attached to an aromatic ring is 5. The van der Waals surface area contributed by atoms with Crippen LogP contribution in [0, 0.1) is 5.82 Å². The molecule has 1 aliphatic heterocycles. The number of hydrogen-bond donors (Lipinski definition) is 11. The molecule has 698 valence electrons. The molecule has 0 bridgehead atoms. The summed E-state index contributed by atoms with van der Waals surface area (Å²) in [6, 6.07) is 57.4. The van der Waals surface area contributed by atoms with Crippen molar-refractivity contribution in [3.8, 4) is 68.4 Å². The molecule has 0 unspecified atom stereocenters. The molecule has 5 fully saturated rings. The number of carbonyl (C=O) groups is 1. The van der Waals surface area contributed by atoms with Crippen LogP contribution in [0.3, 0.4) is 0 Å². The number of fused-ring (bicyclic) bond motifs is 11. The number of benzene rings is 7. The molecule has 16 aromatic heterocycles. The average molecular weight is 1920 g/mol. The molecule has 1 amide bonds. The number of likely N-dealkylation sites (tertiary alicyclic amines) is 1. The summed E-state index contributed by atoms with van der Waals surface area (Å²) in [6.07, 6.45) is 36.1. The molecule has 17 heterocycles. The van der Waals surface area contributed by atoms with Gasteiger partial charge in [0.25, 0.3) is 5.91 Å². The summed E-state index contributed by atoms with van der Waals surface area (Å²) in [5, 5.41) is 4.98. The zero-order valence-electron chi connectivity index (χ0n) is 76.5. The van der Waals surface area contributed by atoms with Gasteiger partial charge in [-0.15, -0.1) is 0 Å². The molecule has 31 nitrogen and oxygen atoms in total. The number of amides is 1. The van der Waals surface area contributed by atoms with E-state index in [1.165, 1.54) is 70.3 Å². The standard InChI is InChI=1S/C27H24N8O.C25H23N5O.C19H19N5O.C18H16BrN5.C18H16FN5/c28-25-24-23(22-13-17-3-1-2-4-19(17)32-22)33-26(35(24)12-9-29-25)16-7-10-34(11-8-16)27(36)18-5-6-20-21(14-18)31-15-30-20;26-24-23-22(29-25(17-8-4-9-17)30(23)13-12-27-24)19-14-18-10-5-11-20(21(18)28-19)31-15-16-6-2-1-3-7-16;1-25-14-7-3-6-12-10-13(22-15(12)14)16-17-18(20)21-8-9-24(17)19(23-16)11-4-2-5-11;2*19-12-5-2-6-13-11(12)9-14(22-13)15-16-17(20)21-7-8-24(16)18(23-15)10-3-1-4-10/h1-6,9,12-16,32H,7-8,10-11H2,(H2,28,29)(H,30,31);1-3,5-7,10-14,17,28H,4,8-9,15H2,(H2,26,27);3,6-11,22H,2,4-5H2,1H3,(H2,20,21);2*2,5-10,22H,1,3-4H2,(H2,20,21). The van der Waals surface area contributed by atoms with Gasteiger partial charge in [-0.05, 0) is 161 Å². The number of nitrogens with one attached hydrogen (secondary N) is 6. The lowest BCUT2D eigenvalue weighted by molar-refractivity contribution is 0.0711. The van der Waals surface area contributed by atoms with Crippen molar-refractivity contribution in [1.82, 2.24) is 112 Å². The summed E-state index contributed by atoms with van der Waals surface area (Å²) in [6.45, 7) is 1.85. The SMILES string of the molecule is COc1cccc2cc(-c3nc(C4CCC4)n4ccnc(N)c34)[nH]c12.Nc1nccn2c(C3CCC3)nc(-c3cc4c(Br)cccc4[nH]3)c12.Nc1nccn2c(C3CCC3)nc(-c3cc4c(F)cccc4[nH]3)c12.Nc1nccn2c(C3CCC3)nc(-c3cc4cccc(OCc5ccccc5)c4[nH]3)c12.Nc1nccn2c(C3CCN(C(=O)c4ccc5nc[nH]c5c4)CC3)nc(-c3cc4ccccc4[nH]3)c12. The van der Waals surface area contributed by atoms with Gasteiger partial charge >= 0.3 is 0 Å². The topological polar surface area (TPSA) is 427 Å². The van der Waals surface area contributed by atoms with Gasteiger partial charge in [-0.25, -0.2) is 59.2 Å². The zero-order valence-corrected chi connectivity index (χ0v) is 78.1. The number of anilines is 5. The number of H-pyrrole nitrogens is 6. The number of nitrogens with two attached hydrogens (primary N) is 5. The second-order valence-electron chi connectivity index (χ2n) is 36.8. The number of nitrogens with zero attached hydrogens (tertiary/aromatic N) is 17. The fourth-order valence-corrected chi connectivity index (χ4v) is 20.8. The lowest BCUT2D eigenvalue weighted by Gasteiger charge is -2.31. The molecular weight excluding hydrogens is 1820 g/mol. The van der Waals surface area contributed by atoms with Crippen molar-refractivity contribution < 1.29 is 18.7 Å². The Labute approximate surface area is 807 Å². The number of aromatic nitrogens is 22. The first-order valence-corrected chi connectivity index (χ1v) is 48.4. The second-order valence-corrected chi connectivity index (χ2v) is 37.6. The molecule has 33 heteroatoms. The van der Waals surface area contributed by atoms with Crippen molar-refractivity contribution in [3.63, 3.8) is 0 Å². The molecule has 23 aromatic rings. The first-order chi connectivity index (χ1) is 68.6. The molecule has 16 N–H and O–H groups in total. The predicted octanol–water partition coefficient (Wildman–Crippen LogP) is 21.8. The van der Waals surface area contributed by atoms with Crippen LogP contribution in [0.2, 0.25) is 0 Å².